The van der Waals surface area contributed by atoms with Gasteiger partial charge in [0.05, 0.1) is 10.7 Å². The minimum absolute atomic E-state index is 0.0663. The molecule has 0 spiro atoms. The van der Waals surface area contributed by atoms with Crippen LogP contribution in [-0.4, -0.2) is 32.8 Å². The van der Waals surface area contributed by atoms with Gasteiger partial charge in [0.25, 0.3) is 0 Å². The number of nitrogens with zero attached hydrogens (tertiary/aromatic N) is 3. The van der Waals surface area contributed by atoms with E-state index in [-0.39, 0.29) is 17.2 Å². The number of carbonyl (C=O) groups is 1. The average Bonchev–Trinajstić information content (AvgIpc) is 3.23. The molecule has 3 heterocycles. The Hall–Kier alpha value is -2.33. The van der Waals surface area contributed by atoms with Gasteiger partial charge >= 0.3 is 0 Å². The van der Waals surface area contributed by atoms with Gasteiger partial charge in [-0.2, -0.15) is 0 Å². The minimum Gasteiger partial charge on any atom is -0.339 e. The van der Waals surface area contributed by atoms with Crippen molar-refractivity contribution in [3.8, 4) is 0 Å². The van der Waals surface area contributed by atoms with Gasteiger partial charge in [-0.1, -0.05) is 62.7 Å². The molecule has 1 saturated heterocycles. The second-order valence-electron chi connectivity index (χ2n) is 10.7. The summed E-state index contributed by atoms with van der Waals surface area (Å²) >= 11 is 6.29. The molecule has 162 valence electrons. The SMILES string of the molecule is CC1(C)CC2CC(C)(CN2C(=O)CC(c2ccccc2)c2cnc3ccc(Cl)cn23)C1. The summed E-state index contributed by atoms with van der Waals surface area (Å²) in [7, 11) is 0. The van der Waals surface area contributed by atoms with Crippen molar-refractivity contribution in [2.75, 3.05) is 6.54 Å². The average molecular weight is 436 g/mol. The number of rotatable bonds is 4. The number of benzene rings is 1. The van der Waals surface area contributed by atoms with Crippen molar-refractivity contribution in [3.05, 3.63) is 71.1 Å². The number of hydrogen-bond donors (Lipinski definition) is 0. The molecule has 2 aliphatic rings. The van der Waals surface area contributed by atoms with Crippen LogP contribution in [0.4, 0.5) is 0 Å². The molecule has 31 heavy (non-hydrogen) atoms. The molecular weight excluding hydrogens is 406 g/mol. The molecule has 3 aromatic rings. The highest BCUT2D eigenvalue weighted by molar-refractivity contribution is 6.30. The zero-order chi connectivity index (χ0) is 21.8. The molecular formula is C26H30ClN3O. The standard InChI is InChI=1S/C26H30ClN3O/c1-25(2)12-20-13-26(3,16-25)17-30(20)24(31)11-21(18-7-5-4-6-8-18)22-14-28-23-10-9-19(27)15-29(22)23/h4-10,14-15,20-21H,11-13,16-17H2,1-3H3. The number of halogens is 1. The van der Waals surface area contributed by atoms with Crippen LogP contribution in [0.2, 0.25) is 5.02 Å². The highest BCUT2D eigenvalue weighted by Crippen LogP contribution is 2.52. The first-order valence-corrected chi connectivity index (χ1v) is 11.6. The topological polar surface area (TPSA) is 37.6 Å². The Labute approximate surface area is 189 Å². The first-order chi connectivity index (χ1) is 14.7. The van der Waals surface area contributed by atoms with E-state index < -0.39 is 0 Å². The normalized spacial score (nSPS) is 25.7. The molecule has 1 aromatic carbocycles. The van der Waals surface area contributed by atoms with Gasteiger partial charge in [-0.05, 0) is 47.8 Å². The van der Waals surface area contributed by atoms with Gasteiger partial charge in [0, 0.05) is 37.3 Å². The summed E-state index contributed by atoms with van der Waals surface area (Å²) in [6.07, 6.45) is 7.64. The molecule has 3 unspecified atom stereocenters. The molecule has 5 heteroatoms. The summed E-state index contributed by atoms with van der Waals surface area (Å²) < 4.78 is 2.03. The Balaban J connectivity index is 1.49. The molecule has 0 N–H and O–H groups in total. The molecule has 1 aliphatic heterocycles. The van der Waals surface area contributed by atoms with Crippen LogP contribution in [0.3, 0.4) is 0 Å². The van der Waals surface area contributed by atoms with Crippen molar-refractivity contribution in [1.82, 2.24) is 14.3 Å². The van der Waals surface area contributed by atoms with Gasteiger partial charge in [0.1, 0.15) is 5.65 Å². The van der Waals surface area contributed by atoms with E-state index in [0.29, 0.717) is 22.9 Å². The van der Waals surface area contributed by atoms with Crippen molar-refractivity contribution in [2.24, 2.45) is 10.8 Å². The lowest BCUT2D eigenvalue weighted by molar-refractivity contribution is -0.132. The zero-order valence-corrected chi connectivity index (χ0v) is 19.3. The largest absolute Gasteiger partial charge is 0.339 e. The Morgan fingerprint density at radius 2 is 1.94 bits per heavy atom. The molecule has 4 nitrogen and oxygen atoms in total. The van der Waals surface area contributed by atoms with Gasteiger partial charge in [0.2, 0.25) is 5.91 Å². The summed E-state index contributed by atoms with van der Waals surface area (Å²) in [5.74, 6) is 0.181. The Morgan fingerprint density at radius 3 is 2.71 bits per heavy atom. The first-order valence-electron chi connectivity index (χ1n) is 11.2. The van der Waals surface area contributed by atoms with E-state index in [1.165, 1.54) is 6.42 Å². The molecule has 3 atom stereocenters. The van der Waals surface area contributed by atoms with Gasteiger partial charge in [-0.15, -0.1) is 0 Å². The predicted octanol–water partition coefficient (Wildman–Crippen LogP) is 5.94. The molecule has 1 amide bonds. The summed E-state index contributed by atoms with van der Waals surface area (Å²) in [4.78, 5) is 20.4. The highest BCUT2D eigenvalue weighted by atomic mass is 35.5. The fraction of sp³-hybridized carbons (Fsp3) is 0.462. The quantitative estimate of drug-likeness (QED) is 0.508. The molecule has 1 aliphatic carbocycles. The lowest BCUT2D eigenvalue weighted by atomic mass is 9.65. The number of carbonyl (C=O) groups excluding carboxylic acids is 1. The van der Waals surface area contributed by atoms with Crippen LogP contribution >= 0.6 is 11.6 Å². The third-order valence-electron chi connectivity index (χ3n) is 7.17. The third kappa shape index (κ3) is 3.87. The van der Waals surface area contributed by atoms with Gasteiger partial charge in [-0.3, -0.25) is 4.79 Å². The highest BCUT2D eigenvalue weighted by Gasteiger charge is 2.51. The number of aromatic nitrogens is 2. The van der Waals surface area contributed by atoms with Crippen molar-refractivity contribution >= 4 is 23.2 Å². The molecule has 2 aromatic heterocycles. The number of amides is 1. The van der Waals surface area contributed by atoms with Crippen LogP contribution in [0.25, 0.3) is 5.65 Å². The number of likely N-dealkylation sites (tertiary alicyclic amines) is 1. The van der Waals surface area contributed by atoms with Crippen LogP contribution < -0.4 is 0 Å². The summed E-state index contributed by atoms with van der Waals surface area (Å²) in [5.41, 5.74) is 3.52. The van der Waals surface area contributed by atoms with E-state index in [1.54, 1.807) is 0 Å². The minimum atomic E-state index is -0.0663. The van der Waals surface area contributed by atoms with E-state index in [2.05, 4.69) is 42.8 Å². The fourth-order valence-electron chi connectivity index (χ4n) is 6.35. The lowest BCUT2D eigenvalue weighted by Crippen LogP contribution is -2.38. The van der Waals surface area contributed by atoms with Crippen LogP contribution in [0.15, 0.2) is 54.9 Å². The fourth-order valence-corrected chi connectivity index (χ4v) is 6.51. The van der Waals surface area contributed by atoms with Gasteiger partial charge in [-0.25, -0.2) is 4.98 Å². The van der Waals surface area contributed by atoms with Crippen molar-refractivity contribution in [3.63, 3.8) is 0 Å². The third-order valence-corrected chi connectivity index (χ3v) is 7.39. The summed E-state index contributed by atoms with van der Waals surface area (Å²) in [5, 5.41) is 0.661. The Bertz CT molecular complexity index is 1120. The van der Waals surface area contributed by atoms with Crippen molar-refractivity contribution < 1.29 is 4.79 Å². The molecule has 5 rings (SSSR count). The van der Waals surface area contributed by atoms with Crippen LogP contribution in [0.5, 0.6) is 0 Å². The second-order valence-corrected chi connectivity index (χ2v) is 11.1. The summed E-state index contributed by atoms with van der Waals surface area (Å²) in [6, 6.07) is 14.4. The molecule has 0 radical (unpaired) electrons. The lowest BCUT2D eigenvalue weighted by Gasteiger charge is -2.39. The van der Waals surface area contributed by atoms with E-state index in [9.17, 15) is 4.79 Å². The van der Waals surface area contributed by atoms with E-state index >= 15 is 0 Å². The molecule has 2 fully saturated rings. The molecule has 2 bridgehead atoms. The second kappa shape index (κ2) is 7.37. The smallest absolute Gasteiger partial charge is 0.223 e. The Morgan fingerprint density at radius 1 is 1.16 bits per heavy atom. The van der Waals surface area contributed by atoms with Crippen LogP contribution in [0.1, 0.15) is 63.6 Å². The predicted molar refractivity (Wildman–Crippen MR) is 124 cm³/mol. The maximum Gasteiger partial charge on any atom is 0.223 e. The van der Waals surface area contributed by atoms with E-state index in [4.69, 9.17) is 11.6 Å². The number of hydrogen-bond acceptors (Lipinski definition) is 2. The van der Waals surface area contributed by atoms with E-state index in [1.807, 2.05) is 47.1 Å². The molecule has 1 saturated carbocycles. The Kier molecular flexibility index (Phi) is 4.89. The monoisotopic (exact) mass is 435 g/mol. The van der Waals surface area contributed by atoms with Gasteiger partial charge < -0.3 is 9.30 Å². The van der Waals surface area contributed by atoms with Crippen LogP contribution in [0, 0.1) is 10.8 Å². The number of fused-ring (bicyclic) bond motifs is 3. The van der Waals surface area contributed by atoms with Gasteiger partial charge in [0.15, 0.2) is 0 Å². The zero-order valence-electron chi connectivity index (χ0n) is 18.5. The first kappa shape index (κ1) is 20.6. The number of pyridine rings is 1. The van der Waals surface area contributed by atoms with Crippen molar-refractivity contribution in [2.45, 2.75) is 58.4 Å². The van der Waals surface area contributed by atoms with Crippen molar-refractivity contribution in [1.29, 1.82) is 0 Å². The maximum atomic E-state index is 13.7. The van der Waals surface area contributed by atoms with E-state index in [0.717, 1.165) is 36.3 Å². The van der Waals surface area contributed by atoms with Crippen LogP contribution in [-0.2, 0) is 4.79 Å². The number of imidazole rings is 1. The summed E-state index contributed by atoms with van der Waals surface area (Å²) in [6.45, 7) is 7.93. The maximum absolute atomic E-state index is 13.7.